The van der Waals surface area contributed by atoms with Gasteiger partial charge in [0.15, 0.2) is 6.10 Å². The predicted octanol–water partition coefficient (Wildman–Crippen LogP) is 18.6. The third-order valence-corrected chi connectivity index (χ3v) is 13.2. The van der Waals surface area contributed by atoms with Gasteiger partial charge in [-0.1, -0.05) is 303 Å². The van der Waals surface area contributed by atoms with Gasteiger partial charge in [-0.05, 0) is 12.8 Å². The highest BCUT2D eigenvalue weighted by Crippen LogP contribution is 2.18. The van der Waals surface area contributed by atoms with E-state index < -0.39 is 6.10 Å². The van der Waals surface area contributed by atoms with E-state index in [0.29, 0.717) is 12.8 Å². The van der Waals surface area contributed by atoms with Crippen LogP contribution < -0.4 is 0 Å². The van der Waals surface area contributed by atoms with Gasteiger partial charge in [0.25, 0.3) is 0 Å². The molecule has 0 aromatic heterocycles. The van der Waals surface area contributed by atoms with Crippen molar-refractivity contribution in [1.82, 2.24) is 0 Å². The smallest absolute Gasteiger partial charge is 0.306 e. The topological polar surface area (TPSA) is 72.8 Å². The molecule has 0 aliphatic heterocycles. The van der Waals surface area contributed by atoms with E-state index in [2.05, 4.69) is 13.8 Å². The van der Waals surface area contributed by atoms with Crippen LogP contribution in [0.4, 0.5) is 0 Å². The molecule has 1 unspecified atom stereocenters. The molecule has 0 spiro atoms. The van der Waals surface area contributed by atoms with Gasteiger partial charge >= 0.3 is 11.9 Å². The molecule has 0 heterocycles. The lowest BCUT2D eigenvalue weighted by molar-refractivity contribution is -0.161. The largest absolute Gasteiger partial charge is 0.462 e. The molecule has 0 aliphatic carbocycles. The zero-order valence-corrected chi connectivity index (χ0v) is 41.7. The SMILES string of the molecule is CCCCCCCCCCCCCCCCCCCCCCCCCCCC(=O)OC(CO)COC(=O)CCCCCCCCCCCCCCCCCCCCCCCC. The van der Waals surface area contributed by atoms with Gasteiger partial charge in [0.05, 0.1) is 6.61 Å². The first kappa shape index (κ1) is 59.9. The maximum absolute atomic E-state index is 12.3. The second kappa shape index (κ2) is 53.2. The zero-order chi connectivity index (χ0) is 44.2. The minimum absolute atomic E-state index is 0.0557. The molecule has 0 fully saturated rings. The van der Waals surface area contributed by atoms with E-state index in [9.17, 15) is 14.7 Å². The third-order valence-electron chi connectivity index (χ3n) is 13.2. The van der Waals surface area contributed by atoms with Gasteiger partial charge in [-0.2, -0.15) is 0 Å². The van der Waals surface area contributed by atoms with Crippen molar-refractivity contribution in [3.8, 4) is 0 Å². The van der Waals surface area contributed by atoms with Crippen LogP contribution in [0, 0.1) is 0 Å². The Morgan fingerprint density at radius 2 is 0.508 bits per heavy atom. The van der Waals surface area contributed by atoms with Crippen LogP contribution in [0.3, 0.4) is 0 Å². The Balaban J connectivity index is 3.40. The van der Waals surface area contributed by atoms with Crippen LogP contribution in [-0.4, -0.2) is 36.4 Å². The molecule has 0 radical (unpaired) electrons. The van der Waals surface area contributed by atoms with Crippen molar-refractivity contribution in [2.45, 2.75) is 335 Å². The summed E-state index contributed by atoms with van der Waals surface area (Å²) in [5, 5.41) is 9.65. The molecule has 0 aliphatic rings. The number of esters is 2. The van der Waals surface area contributed by atoms with Gasteiger partial charge in [-0.25, -0.2) is 0 Å². The van der Waals surface area contributed by atoms with Gasteiger partial charge in [-0.3, -0.25) is 9.59 Å². The molecule has 0 saturated carbocycles. The number of ether oxygens (including phenoxy) is 2. The van der Waals surface area contributed by atoms with Crippen LogP contribution in [-0.2, 0) is 19.1 Å². The number of carbonyl (C=O) groups is 2. The summed E-state index contributed by atoms with van der Waals surface area (Å²) in [6, 6.07) is 0. The van der Waals surface area contributed by atoms with Gasteiger partial charge in [-0.15, -0.1) is 0 Å². The maximum atomic E-state index is 12.3. The van der Waals surface area contributed by atoms with Crippen molar-refractivity contribution in [3.63, 3.8) is 0 Å². The highest BCUT2D eigenvalue weighted by molar-refractivity contribution is 5.70. The second-order valence-electron chi connectivity index (χ2n) is 19.4. The molecule has 0 aromatic carbocycles. The summed E-state index contributed by atoms with van der Waals surface area (Å²) in [6.45, 7) is 4.21. The Kier molecular flexibility index (Phi) is 52.3. The minimum atomic E-state index is -0.764. The molecule has 1 atom stereocenters. The summed E-state index contributed by atoms with van der Waals surface area (Å²) in [5.41, 5.74) is 0. The lowest BCUT2D eigenvalue weighted by Crippen LogP contribution is -2.28. The number of aliphatic hydroxyl groups is 1. The monoisotopic (exact) mass is 863 g/mol. The summed E-state index contributed by atoms with van der Waals surface area (Å²) in [6.07, 6.45) is 63.7. The Morgan fingerprint density at radius 1 is 0.311 bits per heavy atom. The molecule has 0 bridgehead atoms. The molecule has 5 nitrogen and oxygen atoms in total. The van der Waals surface area contributed by atoms with Crippen LogP contribution in [0.25, 0.3) is 0 Å². The fourth-order valence-corrected chi connectivity index (χ4v) is 8.91. The average Bonchev–Trinajstić information content (AvgIpc) is 3.26. The summed E-state index contributed by atoms with van der Waals surface area (Å²) < 4.78 is 10.7. The molecule has 364 valence electrons. The number of unbranched alkanes of at least 4 members (excludes halogenated alkanes) is 45. The number of rotatable bonds is 53. The van der Waals surface area contributed by atoms with E-state index >= 15 is 0 Å². The molecule has 1 N–H and O–H groups in total. The van der Waals surface area contributed by atoms with Gasteiger partial charge < -0.3 is 14.6 Å². The number of aliphatic hydroxyl groups excluding tert-OH is 1. The first-order chi connectivity index (χ1) is 30.1. The fourth-order valence-electron chi connectivity index (χ4n) is 8.91. The van der Waals surface area contributed by atoms with Crippen LogP contribution in [0.2, 0.25) is 0 Å². The fraction of sp³-hybridized carbons (Fsp3) is 0.964. The van der Waals surface area contributed by atoms with Crippen molar-refractivity contribution < 1.29 is 24.2 Å². The van der Waals surface area contributed by atoms with E-state index in [0.717, 1.165) is 32.1 Å². The molecule has 0 rings (SSSR count). The number of hydrogen-bond acceptors (Lipinski definition) is 5. The number of carbonyl (C=O) groups excluding carboxylic acids is 2. The van der Waals surface area contributed by atoms with E-state index in [1.54, 1.807) is 0 Å². The molecular formula is C56H110O5. The maximum Gasteiger partial charge on any atom is 0.306 e. The van der Waals surface area contributed by atoms with E-state index in [-0.39, 0.29) is 25.2 Å². The number of hydrogen-bond donors (Lipinski definition) is 1. The Bertz CT molecular complexity index is 845. The minimum Gasteiger partial charge on any atom is -0.462 e. The Hall–Kier alpha value is -1.10. The first-order valence-electron chi connectivity index (χ1n) is 28.1. The predicted molar refractivity (Wildman–Crippen MR) is 266 cm³/mol. The Morgan fingerprint density at radius 3 is 0.721 bits per heavy atom. The first-order valence-corrected chi connectivity index (χ1v) is 28.1. The van der Waals surface area contributed by atoms with E-state index in [4.69, 9.17) is 9.47 Å². The van der Waals surface area contributed by atoms with Crippen LogP contribution in [0.1, 0.15) is 328 Å². The van der Waals surface area contributed by atoms with Crippen molar-refractivity contribution in [2.75, 3.05) is 13.2 Å². The van der Waals surface area contributed by atoms with Crippen LogP contribution >= 0.6 is 0 Å². The molecular weight excluding hydrogens is 753 g/mol. The molecule has 5 heteroatoms. The zero-order valence-electron chi connectivity index (χ0n) is 41.7. The Labute approximate surface area is 382 Å². The normalized spacial score (nSPS) is 12.0. The lowest BCUT2D eigenvalue weighted by Gasteiger charge is -2.15. The van der Waals surface area contributed by atoms with Crippen molar-refractivity contribution >= 4 is 11.9 Å². The van der Waals surface area contributed by atoms with E-state index in [1.807, 2.05) is 0 Å². The van der Waals surface area contributed by atoms with Crippen LogP contribution in [0.15, 0.2) is 0 Å². The molecule has 61 heavy (non-hydrogen) atoms. The van der Waals surface area contributed by atoms with Crippen molar-refractivity contribution in [2.24, 2.45) is 0 Å². The highest BCUT2D eigenvalue weighted by atomic mass is 16.6. The third kappa shape index (κ3) is 51.4. The quantitative estimate of drug-likeness (QED) is 0.0487. The molecule has 0 saturated heterocycles. The second-order valence-corrected chi connectivity index (χ2v) is 19.4. The van der Waals surface area contributed by atoms with Crippen molar-refractivity contribution in [3.05, 3.63) is 0 Å². The van der Waals surface area contributed by atoms with Crippen molar-refractivity contribution in [1.29, 1.82) is 0 Å². The summed E-state index contributed by atoms with van der Waals surface area (Å²) in [7, 11) is 0. The summed E-state index contributed by atoms with van der Waals surface area (Å²) in [4.78, 5) is 24.5. The van der Waals surface area contributed by atoms with Crippen LogP contribution in [0.5, 0.6) is 0 Å². The molecule has 0 aromatic rings. The summed E-state index contributed by atoms with van der Waals surface area (Å²) >= 11 is 0. The van der Waals surface area contributed by atoms with Gasteiger partial charge in [0, 0.05) is 12.8 Å². The van der Waals surface area contributed by atoms with E-state index in [1.165, 1.54) is 270 Å². The van der Waals surface area contributed by atoms with Gasteiger partial charge in [0.1, 0.15) is 6.61 Å². The average molecular weight is 863 g/mol. The summed E-state index contributed by atoms with van der Waals surface area (Å²) in [5.74, 6) is -0.563. The standard InChI is InChI=1S/C56H110O5/c1-3-5-7-9-11-13-15-17-19-21-23-25-27-28-29-31-33-35-37-39-41-43-45-47-49-51-56(59)61-54(52-57)53-60-55(58)50-48-46-44-42-40-38-36-34-32-30-26-24-22-20-18-16-14-12-10-8-6-4-2/h54,57H,3-53H2,1-2H3. The highest BCUT2D eigenvalue weighted by Gasteiger charge is 2.16. The molecule has 0 amide bonds. The lowest BCUT2D eigenvalue weighted by atomic mass is 10.0. The van der Waals surface area contributed by atoms with Gasteiger partial charge in [0.2, 0.25) is 0 Å².